The number of rotatable bonds is 12. The van der Waals surface area contributed by atoms with Crippen LogP contribution in [0.5, 0.6) is 0 Å². The molecule has 0 aliphatic rings. The number of hydrogen-bond acceptors (Lipinski definition) is 4. The molecule has 0 aliphatic heterocycles. The predicted octanol–water partition coefficient (Wildman–Crippen LogP) is 3.34. The topological polar surface area (TPSA) is 36.9 Å². The van der Waals surface area contributed by atoms with Crippen LogP contribution in [0.3, 0.4) is 0 Å². The maximum atomic E-state index is 5.91. The molecule has 0 rings (SSSR count). The smallest absolute Gasteiger partial charge is 0.375 e. The molecule has 0 aromatic carbocycles. The third kappa shape index (κ3) is 6.67. The van der Waals surface area contributed by atoms with Gasteiger partial charge in [-0.1, -0.05) is 44.8 Å². The lowest BCUT2D eigenvalue weighted by Crippen LogP contribution is -2.55. The van der Waals surface area contributed by atoms with Gasteiger partial charge in [0.25, 0.3) is 0 Å². The molecule has 114 valence electrons. The molecule has 1 atom stereocenters. The Morgan fingerprint density at radius 2 is 1.63 bits per heavy atom. The van der Waals surface area contributed by atoms with Crippen LogP contribution in [-0.4, -0.2) is 42.5 Å². The van der Waals surface area contributed by atoms with Crippen LogP contribution >= 0.6 is 0 Å². The van der Waals surface area contributed by atoms with Crippen molar-refractivity contribution < 1.29 is 18.0 Å². The highest BCUT2D eigenvalue weighted by atomic mass is 28.4. The fourth-order valence-electron chi connectivity index (χ4n) is 2.01. The molecule has 0 saturated heterocycles. The number of unbranched alkanes of at least 4 members (excludes halogenated alkanes) is 3. The van der Waals surface area contributed by atoms with Gasteiger partial charge in [-0.25, -0.2) is 0 Å². The second kappa shape index (κ2) is 10.6. The summed E-state index contributed by atoms with van der Waals surface area (Å²) in [7, 11) is 2.14. The van der Waals surface area contributed by atoms with Crippen molar-refractivity contribution in [3.8, 4) is 0 Å². The zero-order valence-corrected chi connectivity index (χ0v) is 14.2. The van der Waals surface area contributed by atoms with Gasteiger partial charge in [-0.3, -0.25) is 0 Å². The number of ether oxygens (including phenoxy) is 1. The van der Waals surface area contributed by atoms with Crippen molar-refractivity contribution >= 4 is 8.80 Å². The first-order chi connectivity index (χ1) is 9.06. The van der Waals surface area contributed by atoms with E-state index in [4.69, 9.17) is 18.0 Å². The van der Waals surface area contributed by atoms with Crippen LogP contribution in [0.2, 0.25) is 0 Å². The molecule has 0 saturated carbocycles. The second-order valence-corrected chi connectivity index (χ2v) is 7.90. The van der Waals surface area contributed by atoms with Gasteiger partial charge in [0.15, 0.2) is 0 Å². The average Bonchev–Trinajstić information content (AvgIpc) is 2.41. The summed E-state index contributed by atoms with van der Waals surface area (Å²) in [5.74, 6) is 0. The first kappa shape index (κ1) is 18.8. The van der Waals surface area contributed by atoms with Crippen LogP contribution in [-0.2, 0) is 18.0 Å². The lowest BCUT2D eigenvalue weighted by Gasteiger charge is -2.32. The fourth-order valence-corrected chi connectivity index (χ4v) is 4.14. The van der Waals surface area contributed by atoms with Gasteiger partial charge < -0.3 is 18.0 Å². The Hall–Kier alpha value is -0.203. The van der Waals surface area contributed by atoms with Gasteiger partial charge in [0, 0.05) is 21.3 Å². The molecule has 0 aromatic heterocycles. The first-order valence-corrected chi connectivity index (χ1v) is 8.77. The average molecular weight is 290 g/mol. The van der Waals surface area contributed by atoms with Gasteiger partial charge >= 0.3 is 8.80 Å². The summed E-state index contributed by atoms with van der Waals surface area (Å²) in [6, 6.07) is 0. The summed E-state index contributed by atoms with van der Waals surface area (Å²) in [5, 5.41) is 0. The molecule has 5 heteroatoms. The van der Waals surface area contributed by atoms with Crippen LogP contribution < -0.4 is 0 Å². The van der Waals surface area contributed by atoms with E-state index in [0.29, 0.717) is 6.61 Å². The van der Waals surface area contributed by atoms with Crippen molar-refractivity contribution in [3.05, 3.63) is 12.2 Å². The Balaban J connectivity index is 4.57. The molecule has 0 aromatic rings. The van der Waals surface area contributed by atoms with E-state index >= 15 is 0 Å². The Morgan fingerprint density at radius 3 is 2.05 bits per heavy atom. The molecule has 4 nitrogen and oxygen atoms in total. The van der Waals surface area contributed by atoms with Crippen LogP contribution in [0.1, 0.15) is 46.0 Å². The molecular weight excluding hydrogens is 260 g/mol. The maximum absolute atomic E-state index is 5.91. The third-order valence-corrected chi connectivity index (χ3v) is 6.05. The van der Waals surface area contributed by atoms with Crippen LogP contribution in [0, 0.1) is 0 Å². The van der Waals surface area contributed by atoms with Gasteiger partial charge in [-0.2, -0.15) is 0 Å². The first-order valence-electron chi connectivity index (χ1n) is 6.97. The summed E-state index contributed by atoms with van der Waals surface area (Å²) in [6.07, 6.45) is 5.66. The van der Waals surface area contributed by atoms with Crippen LogP contribution in [0.25, 0.3) is 0 Å². The highest BCUT2D eigenvalue weighted by molar-refractivity contribution is 6.62. The predicted molar refractivity (Wildman–Crippen MR) is 80.1 cm³/mol. The highest BCUT2D eigenvalue weighted by Gasteiger charge is 2.48. The van der Waals surface area contributed by atoms with Crippen LogP contribution in [0.15, 0.2) is 12.2 Å². The molecule has 0 amide bonds. The van der Waals surface area contributed by atoms with Gasteiger partial charge in [0.05, 0.1) is 6.61 Å². The molecule has 0 radical (unpaired) electrons. The van der Waals surface area contributed by atoms with Crippen molar-refractivity contribution in [1.29, 1.82) is 0 Å². The molecule has 1 unspecified atom stereocenters. The summed E-state index contributed by atoms with van der Waals surface area (Å²) in [6.45, 7) is 8.53. The lowest BCUT2D eigenvalue weighted by atomic mass is 10.2. The van der Waals surface area contributed by atoms with Crippen molar-refractivity contribution in [2.45, 2.75) is 51.7 Å². The molecule has 0 aliphatic carbocycles. The van der Waals surface area contributed by atoms with E-state index in [-0.39, 0.29) is 5.73 Å². The monoisotopic (exact) mass is 290 g/mol. The molecule has 0 bridgehead atoms. The van der Waals surface area contributed by atoms with Gasteiger partial charge in [-0.15, -0.1) is 0 Å². The van der Waals surface area contributed by atoms with E-state index in [1.807, 2.05) is 6.92 Å². The quantitative estimate of drug-likeness (QED) is 0.314. The fraction of sp³-hybridized carbons (Fsp3) is 0.857. The zero-order valence-electron chi connectivity index (χ0n) is 13.2. The van der Waals surface area contributed by atoms with E-state index in [1.54, 1.807) is 21.3 Å². The van der Waals surface area contributed by atoms with E-state index in [0.717, 1.165) is 18.4 Å². The molecular formula is C14H30O4Si. The Bertz CT molecular complexity index is 233. The Labute approximate surface area is 119 Å². The second-order valence-electron chi connectivity index (χ2n) is 4.82. The van der Waals surface area contributed by atoms with Gasteiger partial charge in [0.2, 0.25) is 0 Å². The van der Waals surface area contributed by atoms with Crippen molar-refractivity contribution in [3.63, 3.8) is 0 Å². The molecule has 0 spiro atoms. The summed E-state index contributed by atoms with van der Waals surface area (Å²) < 4.78 is 22.5. The van der Waals surface area contributed by atoms with Crippen molar-refractivity contribution in [1.82, 2.24) is 0 Å². The summed E-state index contributed by atoms with van der Waals surface area (Å²) in [4.78, 5) is 0. The number of hydrogen-bond donors (Lipinski definition) is 0. The molecule has 0 N–H and O–H groups in total. The van der Waals surface area contributed by atoms with E-state index in [1.165, 1.54) is 19.3 Å². The normalized spacial score (nSPS) is 13.5. The van der Waals surface area contributed by atoms with Gasteiger partial charge in [0.1, 0.15) is 5.73 Å². The lowest BCUT2D eigenvalue weighted by molar-refractivity contribution is 0.0167. The minimum Gasteiger partial charge on any atom is -0.375 e. The van der Waals surface area contributed by atoms with Crippen molar-refractivity contribution in [2.24, 2.45) is 0 Å². The zero-order chi connectivity index (χ0) is 14.7. The Kier molecular flexibility index (Phi) is 10.5. The molecule has 0 heterocycles. The van der Waals surface area contributed by atoms with E-state index in [9.17, 15) is 0 Å². The largest absolute Gasteiger partial charge is 0.530 e. The van der Waals surface area contributed by atoms with Crippen molar-refractivity contribution in [2.75, 3.05) is 27.9 Å². The Morgan fingerprint density at radius 1 is 1.05 bits per heavy atom. The van der Waals surface area contributed by atoms with Crippen LogP contribution in [0.4, 0.5) is 0 Å². The third-order valence-electron chi connectivity index (χ3n) is 3.10. The minimum atomic E-state index is -2.74. The van der Waals surface area contributed by atoms with E-state index in [2.05, 4.69) is 13.5 Å². The molecule has 19 heavy (non-hydrogen) atoms. The summed E-state index contributed by atoms with van der Waals surface area (Å²) in [5.41, 5.74) is 0.867. The SMILES string of the molecule is C=C(C)COC(CCCCCC)[Si](OC)(OC)OC. The van der Waals surface area contributed by atoms with E-state index < -0.39 is 8.80 Å². The van der Waals surface area contributed by atoms with Gasteiger partial charge in [-0.05, 0) is 13.3 Å². The standard InChI is InChI=1S/C14H30O4Si/c1-7-8-9-10-11-14(18-12-13(2)3)19(15-4,16-5)17-6/h14H,2,7-12H2,1,3-6H3. The maximum Gasteiger partial charge on any atom is 0.530 e. The highest BCUT2D eigenvalue weighted by Crippen LogP contribution is 2.21. The summed E-state index contributed by atoms with van der Waals surface area (Å²) >= 11 is 0. The molecule has 0 fully saturated rings. The minimum absolute atomic E-state index is 0.124.